The number of hydrogen-bond donors (Lipinski definition) is 0. The van der Waals surface area contributed by atoms with Crippen molar-refractivity contribution in [1.29, 1.82) is 0 Å². The molecule has 4 heteroatoms. The van der Waals surface area contributed by atoms with E-state index in [4.69, 9.17) is 9.40 Å². The summed E-state index contributed by atoms with van der Waals surface area (Å²) in [5.41, 5.74) is 11.6. The van der Waals surface area contributed by atoms with Crippen LogP contribution in [0.1, 0.15) is 0 Å². The molecule has 9 aromatic carbocycles. The number of nitrogens with zero attached hydrogens (tertiary/aromatic N) is 3. The monoisotopic (exact) mass is 701 g/mol. The molecular formula is C51H31N3O. The van der Waals surface area contributed by atoms with E-state index in [1.54, 1.807) is 0 Å². The highest BCUT2D eigenvalue weighted by Gasteiger charge is 2.27. The van der Waals surface area contributed by atoms with Crippen molar-refractivity contribution in [2.24, 2.45) is 0 Å². The van der Waals surface area contributed by atoms with Crippen molar-refractivity contribution in [3.8, 4) is 34.0 Å². The fourth-order valence-electron chi connectivity index (χ4n) is 9.03. The van der Waals surface area contributed by atoms with Crippen molar-refractivity contribution >= 4 is 76.3 Å². The van der Waals surface area contributed by atoms with Gasteiger partial charge in [0.1, 0.15) is 5.52 Å². The Kier molecular flexibility index (Phi) is 6.31. The summed E-state index contributed by atoms with van der Waals surface area (Å²) < 4.78 is 11.9. The van der Waals surface area contributed by atoms with Crippen LogP contribution in [0.4, 0.5) is 0 Å². The van der Waals surface area contributed by atoms with Crippen LogP contribution in [0.3, 0.4) is 0 Å². The van der Waals surface area contributed by atoms with Crippen LogP contribution in [0, 0.1) is 0 Å². The number of oxazole rings is 1. The van der Waals surface area contributed by atoms with Gasteiger partial charge in [-0.2, -0.15) is 0 Å². The number of fused-ring (bicyclic) bond motifs is 12. The summed E-state index contributed by atoms with van der Waals surface area (Å²) in [5.74, 6) is 0.607. The van der Waals surface area contributed by atoms with Gasteiger partial charge in [0.05, 0.1) is 27.8 Å². The number of rotatable bonds is 4. The lowest BCUT2D eigenvalue weighted by atomic mass is 9.93. The standard InChI is InChI=1S/C51H31N3O/c1-4-17-33(18-5-1)44-47-50(55-51(52-47)34-19-6-2-7-20-34)45-36-23-11-10-16-32(36)28-29-40(45)49(44)54-42-27-15-13-25-39(42)46-43(54)31-30-38-37-24-12-14-26-41(37)53(48(38)46)35-21-8-3-9-22-35/h1-31H. The minimum Gasteiger partial charge on any atom is -0.435 e. The highest BCUT2D eigenvalue weighted by atomic mass is 16.3. The van der Waals surface area contributed by atoms with E-state index in [-0.39, 0.29) is 0 Å². The average Bonchev–Trinajstić information content (AvgIpc) is 3.94. The molecule has 0 aliphatic carbocycles. The van der Waals surface area contributed by atoms with E-state index >= 15 is 0 Å². The van der Waals surface area contributed by atoms with Crippen LogP contribution in [-0.4, -0.2) is 14.1 Å². The molecule has 0 amide bonds. The number of benzene rings is 9. The summed E-state index contributed by atoms with van der Waals surface area (Å²) in [6, 6.07) is 67.1. The molecule has 0 fully saturated rings. The predicted octanol–water partition coefficient (Wildman–Crippen LogP) is 13.7. The second-order valence-corrected chi connectivity index (χ2v) is 14.3. The number of aromatic nitrogens is 3. The molecular weight excluding hydrogens is 671 g/mol. The molecule has 12 aromatic rings. The van der Waals surface area contributed by atoms with Gasteiger partial charge < -0.3 is 13.6 Å². The minimum absolute atomic E-state index is 0.607. The smallest absolute Gasteiger partial charge is 0.227 e. The topological polar surface area (TPSA) is 35.9 Å². The van der Waals surface area contributed by atoms with Gasteiger partial charge in [0.25, 0.3) is 0 Å². The molecule has 0 saturated heterocycles. The van der Waals surface area contributed by atoms with E-state index < -0.39 is 0 Å². The first-order valence-electron chi connectivity index (χ1n) is 18.7. The molecule has 0 radical (unpaired) electrons. The van der Waals surface area contributed by atoms with Crippen LogP contribution >= 0.6 is 0 Å². The Balaban J connectivity index is 1.33. The molecule has 12 rings (SSSR count). The Morgan fingerprint density at radius 3 is 1.76 bits per heavy atom. The molecule has 0 N–H and O–H groups in total. The van der Waals surface area contributed by atoms with Gasteiger partial charge >= 0.3 is 0 Å². The van der Waals surface area contributed by atoms with Crippen LogP contribution < -0.4 is 0 Å². The first kappa shape index (κ1) is 30.1. The maximum absolute atomic E-state index is 6.92. The minimum atomic E-state index is 0.607. The molecule has 0 aliphatic rings. The Labute approximate surface area is 315 Å². The van der Waals surface area contributed by atoms with Crippen molar-refractivity contribution in [3.05, 3.63) is 188 Å². The van der Waals surface area contributed by atoms with Crippen molar-refractivity contribution in [2.45, 2.75) is 0 Å². The Morgan fingerprint density at radius 2 is 1.00 bits per heavy atom. The van der Waals surface area contributed by atoms with Gasteiger partial charge in [-0.15, -0.1) is 0 Å². The molecule has 55 heavy (non-hydrogen) atoms. The Hall–Kier alpha value is -7.43. The van der Waals surface area contributed by atoms with E-state index in [2.05, 4.69) is 179 Å². The average molecular weight is 702 g/mol. The van der Waals surface area contributed by atoms with Gasteiger partial charge in [-0.3, -0.25) is 0 Å². The third kappa shape index (κ3) is 4.25. The van der Waals surface area contributed by atoms with E-state index in [0.717, 1.165) is 71.7 Å². The summed E-state index contributed by atoms with van der Waals surface area (Å²) in [5, 5.41) is 9.33. The summed E-state index contributed by atoms with van der Waals surface area (Å²) in [6.45, 7) is 0. The first-order chi connectivity index (χ1) is 27.3. The molecule has 0 spiro atoms. The molecule has 0 bridgehead atoms. The van der Waals surface area contributed by atoms with Crippen LogP contribution in [-0.2, 0) is 0 Å². The van der Waals surface area contributed by atoms with Gasteiger partial charge in [-0.05, 0) is 58.8 Å². The summed E-state index contributed by atoms with van der Waals surface area (Å²) >= 11 is 0. The lowest BCUT2D eigenvalue weighted by Crippen LogP contribution is -2.01. The third-order valence-electron chi connectivity index (χ3n) is 11.3. The molecule has 0 aliphatic heterocycles. The molecule has 0 unspecified atom stereocenters. The van der Waals surface area contributed by atoms with Gasteiger partial charge in [0.2, 0.25) is 5.89 Å². The van der Waals surface area contributed by atoms with E-state index in [1.807, 2.05) is 18.2 Å². The van der Waals surface area contributed by atoms with Gasteiger partial charge in [-0.25, -0.2) is 4.98 Å². The van der Waals surface area contributed by atoms with Gasteiger partial charge in [0.15, 0.2) is 5.58 Å². The zero-order chi connectivity index (χ0) is 36.0. The molecule has 0 atom stereocenters. The van der Waals surface area contributed by atoms with Crippen LogP contribution in [0.25, 0.3) is 110 Å². The third-order valence-corrected chi connectivity index (χ3v) is 11.3. The predicted molar refractivity (Wildman–Crippen MR) is 229 cm³/mol. The second-order valence-electron chi connectivity index (χ2n) is 14.3. The van der Waals surface area contributed by atoms with Crippen LogP contribution in [0.5, 0.6) is 0 Å². The highest BCUT2D eigenvalue weighted by Crippen LogP contribution is 2.49. The van der Waals surface area contributed by atoms with Crippen LogP contribution in [0.2, 0.25) is 0 Å². The summed E-state index contributed by atoms with van der Waals surface area (Å²) in [7, 11) is 0. The molecule has 4 nitrogen and oxygen atoms in total. The zero-order valence-electron chi connectivity index (χ0n) is 29.6. The molecule has 3 heterocycles. The van der Waals surface area contributed by atoms with Crippen molar-refractivity contribution in [1.82, 2.24) is 14.1 Å². The van der Waals surface area contributed by atoms with Crippen molar-refractivity contribution in [2.75, 3.05) is 0 Å². The summed E-state index contributed by atoms with van der Waals surface area (Å²) in [6.07, 6.45) is 0. The van der Waals surface area contributed by atoms with E-state index in [0.29, 0.717) is 5.89 Å². The normalized spacial score (nSPS) is 12.0. The molecule has 3 aromatic heterocycles. The maximum Gasteiger partial charge on any atom is 0.227 e. The lowest BCUT2D eigenvalue weighted by Gasteiger charge is -2.19. The number of para-hydroxylation sites is 3. The molecule has 256 valence electrons. The fourth-order valence-corrected chi connectivity index (χ4v) is 9.03. The lowest BCUT2D eigenvalue weighted by molar-refractivity contribution is 0.623. The van der Waals surface area contributed by atoms with Crippen molar-refractivity contribution in [3.63, 3.8) is 0 Å². The first-order valence-corrected chi connectivity index (χ1v) is 18.7. The van der Waals surface area contributed by atoms with Gasteiger partial charge in [0, 0.05) is 49.1 Å². The van der Waals surface area contributed by atoms with E-state index in [9.17, 15) is 0 Å². The highest BCUT2D eigenvalue weighted by molar-refractivity contribution is 6.29. The second kappa shape index (κ2) is 11.5. The van der Waals surface area contributed by atoms with Gasteiger partial charge in [-0.1, -0.05) is 146 Å². The van der Waals surface area contributed by atoms with E-state index in [1.165, 1.54) is 32.6 Å². The summed E-state index contributed by atoms with van der Waals surface area (Å²) in [4.78, 5) is 5.40. The Morgan fingerprint density at radius 1 is 0.400 bits per heavy atom. The number of hydrogen-bond acceptors (Lipinski definition) is 2. The Bertz CT molecular complexity index is 3460. The largest absolute Gasteiger partial charge is 0.435 e. The fraction of sp³-hybridized carbons (Fsp3) is 0. The van der Waals surface area contributed by atoms with Crippen molar-refractivity contribution < 1.29 is 4.42 Å². The SMILES string of the molecule is c1ccc(-c2nc3c(-c4ccccc4)c(-n4c5ccccc5c5c4ccc4c6ccccc6n(-c6ccccc6)c45)c4ccc5ccccc5c4c3o2)cc1. The maximum atomic E-state index is 6.92. The zero-order valence-corrected chi connectivity index (χ0v) is 29.6. The quantitative estimate of drug-likeness (QED) is 0.171. The molecule has 0 saturated carbocycles. The van der Waals surface area contributed by atoms with Crippen LogP contribution in [0.15, 0.2) is 192 Å².